The average Bonchev–Trinajstić information content (AvgIpc) is 3.38. The molecule has 0 aromatic heterocycles. The van der Waals surface area contributed by atoms with Crippen LogP contribution in [-0.4, -0.2) is 23.4 Å². The molecule has 2 N–H and O–H groups in total. The predicted octanol–water partition coefficient (Wildman–Crippen LogP) is 10.3. The molecule has 1 aromatic carbocycles. The molecule has 8 aliphatic carbocycles. The molecule has 52 heavy (non-hydrogen) atoms. The Kier molecular flexibility index (Phi) is 7.49. The van der Waals surface area contributed by atoms with Crippen LogP contribution in [0.3, 0.4) is 0 Å². The second-order valence-corrected chi connectivity index (χ2v) is 21.8. The molecule has 1 aromatic rings. The number of hydrogen-bond donors (Lipinski definition) is 2. The molecule has 0 unspecified atom stereocenters. The van der Waals surface area contributed by atoms with E-state index in [9.17, 15) is 19.2 Å². The molecule has 8 aliphatic rings. The third-order valence-electron chi connectivity index (χ3n) is 19.1. The smallest absolute Gasteiger partial charge is 0.230 e. The van der Waals surface area contributed by atoms with E-state index in [4.69, 9.17) is 0 Å². The van der Waals surface area contributed by atoms with E-state index in [1.165, 1.54) is 0 Å². The first-order chi connectivity index (χ1) is 24.4. The van der Waals surface area contributed by atoms with Gasteiger partial charge in [0.05, 0.1) is 10.8 Å². The standard InChI is InChI=1S/C46H64N2O4/c1-39-21-13-33-41(3)17-7-19-43(5,31(41)15-23-45(33,27-39)25-35(39)49)37(51)47-29-9-11-30(12-10-29)48-38(52)44(6)20-8-18-42(4)32(44)16-24-46-26-36(50)40(2,28-46)22-14-34(42)46/h9-12,31-34H,7-8,13-28H2,1-6H3,(H,47,51)(H,48,52)/t31-,32-,33-,34-,39-,40-,41+,42+,43+,44+,45-,46-/m0/s1. The highest BCUT2D eigenvalue weighted by Gasteiger charge is 2.69. The van der Waals surface area contributed by atoms with Crippen molar-refractivity contribution in [3.8, 4) is 0 Å². The van der Waals surface area contributed by atoms with E-state index in [-0.39, 0.29) is 44.3 Å². The Bertz CT molecular complexity index is 1610. The zero-order valence-electron chi connectivity index (χ0n) is 33.0. The van der Waals surface area contributed by atoms with Gasteiger partial charge in [0.1, 0.15) is 11.6 Å². The summed E-state index contributed by atoms with van der Waals surface area (Å²) in [6.45, 7) is 13.8. The molecule has 9 rings (SSSR count). The number of anilines is 2. The van der Waals surface area contributed by atoms with Gasteiger partial charge in [0.25, 0.3) is 0 Å². The van der Waals surface area contributed by atoms with Crippen molar-refractivity contribution in [3.05, 3.63) is 24.3 Å². The van der Waals surface area contributed by atoms with E-state index in [0.29, 0.717) is 35.2 Å². The number of carbonyl (C=O) groups excluding carboxylic acids is 4. The van der Waals surface area contributed by atoms with E-state index in [2.05, 4.69) is 52.2 Å². The van der Waals surface area contributed by atoms with Gasteiger partial charge >= 0.3 is 0 Å². The highest BCUT2D eigenvalue weighted by molar-refractivity contribution is 5.97. The number of hydrogen-bond acceptors (Lipinski definition) is 4. The third-order valence-corrected chi connectivity index (χ3v) is 19.1. The number of amides is 2. The Labute approximate surface area is 312 Å². The summed E-state index contributed by atoms with van der Waals surface area (Å²) < 4.78 is 0. The monoisotopic (exact) mass is 708 g/mol. The van der Waals surface area contributed by atoms with E-state index in [1.807, 2.05) is 24.3 Å². The lowest BCUT2D eigenvalue weighted by Gasteiger charge is -2.64. The lowest BCUT2D eigenvalue weighted by Crippen LogP contribution is -2.59. The van der Waals surface area contributed by atoms with Gasteiger partial charge < -0.3 is 10.6 Å². The molecule has 282 valence electrons. The van der Waals surface area contributed by atoms with Crippen LogP contribution in [-0.2, 0) is 19.2 Å². The van der Waals surface area contributed by atoms with Gasteiger partial charge in [-0.3, -0.25) is 19.2 Å². The van der Waals surface area contributed by atoms with Crippen LogP contribution in [0.4, 0.5) is 11.4 Å². The van der Waals surface area contributed by atoms with E-state index < -0.39 is 10.8 Å². The summed E-state index contributed by atoms with van der Waals surface area (Å²) in [5.41, 5.74) is 0.873. The molecule has 6 heteroatoms. The predicted molar refractivity (Wildman–Crippen MR) is 204 cm³/mol. The highest BCUT2D eigenvalue weighted by atomic mass is 16.2. The Balaban J connectivity index is 0.881. The molecule has 2 spiro atoms. The molecule has 8 fully saturated rings. The first-order valence-corrected chi connectivity index (χ1v) is 21.2. The fourth-order valence-corrected chi connectivity index (χ4v) is 16.7. The maximum atomic E-state index is 14.3. The lowest BCUT2D eigenvalue weighted by molar-refractivity contribution is -0.166. The number of carbonyl (C=O) groups is 4. The Morgan fingerprint density at radius 3 is 1.27 bits per heavy atom. The number of Topliss-reactive ketones (excluding diaryl/α,β-unsaturated/α-hetero) is 2. The van der Waals surface area contributed by atoms with E-state index in [0.717, 1.165) is 127 Å². The fourth-order valence-electron chi connectivity index (χ4n) is 16.7. The van der Waals surface area contributed by atoms with Gasteiger partial charge in [-0.05, 0) is 159 Å². The highest BCUT2D eigenvalue weighted by Crippen LogP contribution is 2.74. The molecule has 12 atom stereocenters. The molecular weight excluding hydrogens is 645 g/mol. The van der Waals surface area contributed by atoms with Crippen LogP contribution in [0.15, 0.2) is 24.3 Å². The van der Waals surface area contributed by atoms with Crippen molar-refractivity contribution >= 4 is 34.8 Å². The Hall–Kier alpha value is -2.50. The first kappa shape index (κ1) is 35.2. The summed E-state index contributed by atoms with van der Waals surface area (Å²) in [7, 11) is 0. The van der Waals surface area contributed by atoms with Crippen molar-refractivity contribution in [2.45, 2.75) is 157 Å². The summed E-state index contributed by atoms with van der Waals surface area (Å²) in [6, 6.07) is 7.81. The van der Waals surface area contributed by atoms with Gasteiger partial charge in [0.15, 0.2) is 0 Å². The Morgan fingerprint density at radius 1 is 0.519 bits per heavy atom. The molecule has 2 amide bonds. The second kappa shape index (κ2) is 11.1. The summed E-state index contributed by atoms with van der Waals surface area (Å²) in [5, 5.41) is 6.66. The van der Waals surface area contributed by atoms with E-state index >= 15 is 0 Å². The van der Waals surface area contributed by atoms with Crippen LogP contribution >= 0.6 is 0 Å². The number of benzene rings is 1. The quantitative estimate of drug-likeness (QED) is 0.326. The van der Waals surface area contributed by atoms with Crippen LogP contribution in [0.25, 0.3) is 0 Å². The molecular formula is C46H64N2O4. The molecule has 8 saturated carbocycles. The minimum atomic E-state index is -0.450. The Morgan fingerprint density at radius 2 is 0.885 bits per heavy atom. The maximum Gasteiger partial charge on any atom is 0.230 e. The van der Waals surface area contributed by atoms with Gasteiger partial charge in [-0.2, -0.15) is 0 Å². The van der Waals surface area contributed by atoms with Crippen molar-refractivity contribution in [1.82, 2.24) is 0 Å². The van der Waals surface area contributed by atoms with Crippen molar-refractivity contribution in [1.29, 1.82) is 0 Å². The van der Waals surface area contributed by atoms with Crippen molar-refractivity contribution in [2.24, 2.45) is 67.0 Å². The lowest BCUT2D eigenvalue weighted by atomic mass is 9.40. The second-order valence-electron chi connectivity index (χ2n) is 21.8. The third kappa shape index (κ3) is 4.60. The van der Waals surface area contributed by atoms with Crippen LogP contribution < -0.4 is 10.6 Å². The maximum absolute atomic E-state index is 14.3. The van der Waals surface area contributed by atoms with Crippen molar-refractivity contribution in [3.63, 3.8) is 0 Å². The normalized spacial score (nSPS) is 50.3. The van der Waals surface area contributed by atoms with Crippen LogP contribution in [0.2, 0.25) is 0 Å². The molecule has 0 aliphatic heterocycles. The zero-order chi connectivity index (χ0) is 36.7. The summed E-state index contributed by atoms with van der Waals surface area (Å²) in [5.74, 6) is 2.90. The molecule has 0 saturated heterocycles. The summed E-state index contributed by atoms with van der Waals surface area (Å²) in [4.78, 5) is 55.0. The van der Waals surface area contributed by atoms with Gasteiger partial charge in [-0.15, -0.1) is 0 Å². The minimum Gasteiger partial charge on any atom is -0.326 e. The van der Waals surface area contributed by atoms with Gasteiger partial charge in [0.2, 0.25) is 11.8 Å². The molecule has 4 bridgehead atoms. The van der Waals surface area contributed by atoms with Crippen LogP contribution in [0, 0.1) is 67.0 Å². The number of nitrogens with one attached hydrogen (secondary N) is 2. The molecule has 6 nitrogen and oxygen atoms in total. The largest absolute Gasteiger partial charge is 0.326 e. The van der Waals surface area contributed by atoms with Crippen molar-refractivity contribution in [2.75, 3.05) is 10.6 Å². The number of ketones is 2. The minimum absolute atomic E-state index is 0.0823. The zero-order valence-corrected chi connectivity index (χ0v) is 33.0. The molecule has 0 heterocycles. The van der Waals surface area contributed by atoms with Gasteiger partial charge in [0, 0.05) is 35.0 Å². The topological polar surface area (TPSA) is 92.3 Å². The average molecular weight is 709 g/mol. The summed E-state index contributed by atoms with van der Waals surface area (Å²) in [6.07, 6.45) is 18.3. The first-order valence-electron chi connectivity index (χ1n) is 21.2. The fraction of sp³-hybridized carbons (Fsp3) is 0.783. The van der Waals surface area contributed by atoms with Crippen molar-refractivity contribution < 1.29 is 19.2 Å². The SMILES string of the molecule is C[C@@]12CC[C@@H]3[C@@](CC[C@H]4[C@@]3(C)CCC[C@@]4(C)C(=O)Nc3ccc(NC(=O)[C@]4(C)CCC[C@@]5(C)[C@@H]6CC[C@@]7(C)C[C@]6(CC[C@@H]54)CC7=O)cc3)(CC1=O)C2. The number of fused-ring (bicyclic) bond motifs is 6. The van der Waals surface area contributed by atoms with E-state index in [1.54, 1.807) is 0 Å². The van der Waals surface area contributed by atoms with Gasteiger partial charge in [-0.1, -0.05) is 54.4 Å². The van der Waals surface area contributed by atoms with Crippen LogP contribution in [0.1, 0.15) is 157 Å². The number of rotatable bonds is 4. The summed E-state index contributed by atoms with van der Waals surface area (Å²) >= 11 is 0. The molecule has 0 radical (unpaired) electrons. The van der Waals surface area contributed by atoms with Crippen LogP contribution in [0.5, 0.6) is 0 Å². The van der Waals surface area contributed by atoms with Gasteiger partial charge in [-0.25, -0.2) is 0 Å².